The zero-order valence-electron chi connectivity index (χ0n) is 9.75. The molecule has 0 bridgehead atoms. The summed E-state index contributed by atoms with van der Waals surface area (Å²) in [5.74, 6) is -0.233. The van der Waals surface area contributed by atoms with E-state index in [1.807, 2.05) is 39.0 Å². The predicted molar refractivity (Wildman–Crippen MR) is 70.3 cm³/mol. The van der Waals surface area contributed by atoms with Crippen molar-refractivity contribution in [3.63, 3.8) is 0 Å². The molecule has 2 unspecified atom stereocenters. The van der Waals surface area contributed by atoms with Gasteiger partial charge in [-0.3, -0.25) is 4.79 Å². The van der Waals surface area contributed by atoms with Crippen molar-refractivity contribution < 1.29 is 4.79 Å². The van der Waals surface area contributed by atoms with Gasteiger partial charge >= 0.3 is 0 Å². The fraction of sp³-hybridized carbons (Fsp3) is 0.417. The van der Waals surface area contributed by atoms with Gasteiger partial charge in [0.25, 0.3) is 0 Å². The Balaban J connectivity index is 2.77. The molecule has 1 aromatic rings. The summed E-state index contributed by atoms with van der Waals surface area (Å²) in [4.78, 5) is 11.8. The monoisotopic (exact) mass is 284 g/mol. The van der Waals surface area contributed by atoms with Crippen molar-refractivity contribution in [2.24, 2.45) is 11.7 Å². The SMILES string of the molecule is Cc1cc(Br)ccc1NC(=O)C(C)C(C)N. The molecule has 2 atom stereocenters. The number of anilines is 1. The van der Waals surface area contributed by atoms with E-state index in [1.165, 1.54) is 0 Å². The minimum absolute atomic E-state index is 0.0413. The highest BCUT2D eigenvalue weighted by atomic mass is 79.9. The molecule has 1 aromatic carbocycles. The van der Waals surface area contributed by atoms with Crippen molar-refractivity contribution in [1.29, 1.82) is 0 Å². The number of benzene rings is 1. The van der Waals surface area contributed by atoms with Crippen molar-refractivity contribution in [2.75, 3.05) is 5.32 Å². The summed E-state index contributed by atoms with van der Waals surface area (Å²) in [6.07, 6.45) is 0. The van der Waals surface area contributed by atoms with Crippen LogP contribution in [-0.2, 0) is 4.79 Å². The van der Waals surface area contributed by atoms with Crippen LogP contribution in [0, 0.1) is 12.8 Å². The number of hydrogen-bond donors (Lipinski definition) is 2. The topological polar surface area (TPSA) is 55.1 Å². The van der Waals surface area contributed by atoms with Crippen molar-refractivity contribution in [3.05, 3.63) is 28.2 Å². The van der Waals surface area contributed by atoms with E-state index in [-0.39, 0.29) is 17.9 Å². The third-order valence-corrected chi connectivity index (χ3v) is 3.14. The van der Waals surface area contributed by atoms with Gasteiger partial charge in [0.1, 0.15) is 0 Å². The molecular formula is C12H17BrN2O. The van der Waals surface area contributed by atoms with Crippen LogP contribution in [0.15, 0.2) is 22.7 Å². The van der Waals surface area contributed by atoms with Gasteiger partial charge in [-0.15, -0.1) is 0 Å². The lowest BCUT2D eigenvalue weighted by Gasteiger charge is -2.16. The number of rotatable bonds is 3. The number of amides is 1. The number of carbonyl (C=O) groups excluding carboxylic acids is 1. The molecule has 16 heavy (non-hydrogen) atoms. The number of nitrogens with two attached hydrogens (primary N) is 1. The Morgan fingerprint density at radius 3 is 2.56 bits per heavy atom. The van der Waals surface area contributed by atoms with Crippen LogP contribution in [0.4, 0.5) is 5.69 Å². The van der Waals surface area contributed by atoms with Crippen LogP contribution in [0.3, 0.4) is 0 Å². The maximum atomic E-state index is 11.8. The molecule has 0 aliphatic heterocycles. The Kier molecular flexibility index (Phi) is 4.50. The van der Waals surface area contributed by atoms with E-state index in [9.17, 15) is 4.79 Å². The molecule has 1 amide bonds. The highest BCUT2D eigenvalue weighted by Crippen LogP contribution is 2.20. The molecule has 0 aromatic heterocycles. The summed E-state index contributed by atoms with van der Waals surface area (Å²) in [6.45, 7) is 5.61. The minimum atomic E-state index is -0.192. The Morgan fingerprint density at radius 1 is 1.44 bits per heavy atom. The van der Waals surface area contributed by atoms with Crippen LogP contribution in [-0.4, -0.2) is 11.9 Å². The van der Waals surface area contributed by atoms with E-state index >= 15 is 0 Å². The summed E-state index contributed by atoms with van der Waals surface area (Å²) in [5.41, 5.74) is 7.55. The molecule has 88 valence electrons. The largest absolute Gasteiger partial charge is 0.327 e. The highest BCUT2D eigenvalue weighted by Gasteiger charge is 2.17. The molecule has 0 aliphatic carbocycles. The number of halogens is 1. The molecule has 0 aliphatic rings. The lowest BCUT2D eigenvalue weighted by Crippen LogP contribution is -2.34. The first kappa shape index (κ1) is 13.2. The van der Waals surface area contributed by atoms with E-state index in [0.29, 0.717) is 0 Å². The van der Waals surface area contributed by atoms with Gasteiger partial charge in [-0.1, -0.05) is 22.9 Å². The van der Waals surface area contributed by atoms with Gasteiger partial charge in [0.2, 0.25) is 5.91 Å². The van der Waals surface area contributed by atoms with E-state index in [4.69, 9.17) is 5.73 Å². The second-order valence-electron chi connectivity index (χ2n) is 4.10. The fourth-order valence-electron chi connectivity index (χ4n) is 1.25. The van der Waals surface area contributed by atoms with Gasteiger partial charge in [-0.05, 0) is 37.6 Å². The van der Waals surface area contributed by atoms with Gasteiger partial charge in [0, 0.05) is 16.2 Å². The number of hydrogen-bond acceptors (Lipinski definition) is 2. The Bertz CT molecular complexity index is 391. The zero-order chi connectivity index (χ0) is 12.3. The van der Waals surface area contributed by atoms with Crippen molar-refractivity contribution in [2.45, 2.75) is 26.8 Å². The van der Waals surface area contributed by atoms with Gasteiger partial charge in [0.15, 0.2) is 0 Å². The molecule has 0 spiro atoms. The molecule has 1 rings (SSSR count). The van der Waals surface area contributed by atoms with Crippen LogP contribution in [0.25, 0.3) is 0 Å². The molecule has 4 heteroatoms. The summed E-state index contributed by atoms with van der Waals surface area (Å²) >= 11 is 3.38. The van der Waals surface area contributed by atoms with Crippen LogP contribution in [0.1, 0.15) is 19.4 Å². The summed E-state index contributed by atoms with van der Waals surface area (Å²) in [7, 11) is 0. The molecule has 0 heterocycles. The second-order valence-corrected chi connectivity index (χ2v) is 5.01. The van der Waals surface area contributed by atoms with Gasteiger partial charge in [-0.2, -0.15) is 0 Å². The summed E-state index contributed by atoms with van der Waals surface area (Å²) < 4.78 is 1.00. The average Bonchev–Trinajstić information content (AvgIpc) is 2.20. The second kappa shape index (κ2) is 5.46. The van der Waals surface area contributed by atoms with Crippen LogP contribution >= 0.6 is 15.9 Å². The fourth-order valence-corrected chi connectivity index (χ4v) is 1.73. The molecule has 0 saturated carbocycles. The van der Waals surface area contributed by atoms with Gasteiger partial charge in [0.05, 0.1) is 5.92 Å². The Morgan fingerprint density at radius 2 is 2.06 bits per heavy atom. The van der Waals surface area contributed by atoms with E-state index in [2.05, 4.69) is 21.2 Å². The quantitative estimate of drug-likeness (QED) is 0.897. The zero-order valence-corrected chi connectivity index (χ0v) is 11.3. The Labute approximate surface area is 105 Å². The van der Waals surface area contributed by atoms with Gasteiger partial charge in [-0.25, -0.2) is 0 Å². The molecule has 3 nitrogen and oxygen atoms in total. The summed E-state index contributed by atoms with van der Waals surface area (Å²) in [5, 5.41) is 2.88. The van der Waals surface area contributed by atoms with E-state index in [0.717, 1.165) is 15.7 Å². The minimum Gasteiger partial charge on any atom is -0.327 e. The van der Waals surface area contributed by atoms with Crippen LogP contribution in [0.5, 0.6) is 0 Å². The predicted octanol–water partition coefficient (Wildman–Crippen LogP) is 2.68. The Hall–Kier alpha value is -0.870. The first-order valence-electron chi connectivity index (χ1n) is 5.24. The molecule has 0 radical (unpaired) electrons. The molecule has 0 fully saturated rings. The maximum Gasteiger partial charge on any atom is 0.228 e. The molecule has 3 N–H and O–H groups in total. The van der Waals surface area contributed by atoms with Crippen LogP contribution < -0.4 is 11.1 Å². The third-order valence-electron chi connectivity index (χ3n) is 2.65. The van der Waals surface area contributed by atoms with E-state index in [1.54, 1.807) is 0 Å². The third kappa shape index (κ3) is 3.32. The first-order chi connectivity index (χ1) is 7.41. The van der Waals surface area contributed by atoms with E-state index < -0.39 is 0 Å². The van der Waals surface area contributed by atoms with Crippen molar-refractivity contribution in [1.82, 2.24) is 0 Å². The standard InChI is InChI=1S/C12H17BrN2O/c1-7-6-10(13)4-5-11(7)15-12(16)8(2)9(3)14/h4-6,8-9H,14H2,1-3H3,(H,15,16). The maximum absolute atomic E-state index is 11.8. The first-order valence-corrected chi connectivity index (χ1v) is 6.03. The number of nitrogens with one attached hydrogen (secondary N) is 1. The highest BCUT2D eigenvalue weighted by molar-refractivity contribution is 9.10. The van der Waals surface area contributed by atoms with Crippen molar-refractivity contribution in [3.8, 4) is 0 Å². The van der Waals surface area contributed by atoms with Crippen molar-refractivity contribution >= 4 is 27.5 Å². The normalized spacial score (nSPS) is 14.3. The smallest absolute Gasteiger partial charge is 0.228 e. The summed E-state index contributed by atoms with van der Waals surface area (Å²) in [6, 6.07) is 5.60. The van der Waals surface area contributed by atoms with Gasteiger partial charge < -0.3 is 11.1 Å². The lowest BCUT2D eigenvalue weighted by atomic mass is 10.0. The molecule has 0 saturated heterocycles. The lowest BCUT2D eigenvalue weighted by molar-refractivity contribution is -0.119. The number of aryl methyl sites for hydroxylation is 1. The number of carbonyl (C=O) groups is 1. The van der Waals surface area contributed by atoms with Crippen LogP contribution in [0.2, 0.25) is 0 Å². The molecular weight excluding hydrogens is 268 g/mol. The average molecular weight is 285 g/mol.